The highest BCUT2D eigenvalue weighted by Crippen LogP contribution is 2.20. The van der Waals surface area contributed by atoms with Gasteiger partial charge in [0, 0.05) is 5.38 Å². The molecule has 0 saturated heterocycles. The zero-order valence-corrected chi connectivity index (χ0v) is 6.91. The Morgan fingerprint density at radius 3 is 2.80 bits per heavy atom. The Labute approximate surface area is 64.1 Å². The first-order chi connectivity index (χ1) is 4.75. The quantitative estimate of drug-likeness (QED) is 0.646. The van der Waals surface area contributed by atoms with E-state index in [4.69, 9.17) is 0 Å². The first-order valence-electron chi connectivity index (χ1n) is 3.24. The molecule has 1 rings (SSSR count). The Morgan fingerprint density at radius 1 is 1.70 bits per heavy atom. The van der Waals surface area contributed by atoms with Crippen LogP contribution in [0.2, 0.25) is 0 Å². The highest BCUT2D eigenvalue weighted by molar-refractivity contribution is 7.03. The van der Waals surface area contributed by atoms with E-state index in [0.29, 0.717) is 11.6 Å². The molecular formula is C7H10FNS. The van der Waals surface area contributed by atoms with Gasteiger partial charge in [-0.1, -0.05) is 13.8 Å². The maximum absolute atomic E-state index is 12.1. The monoisotopic (exact) mass is 159 g/mol. The van der Waals surface area contributed by atoms with Crippen LogP contribution in [0.1, 0.15) is 31.0 Å². The molecule has 0 spiro atoms. The topological polar surface area (TPSA) is 12.9 Å². The second-order valence-electron chi connectivity index (χ2n) is 2.50. The van der Waals surface area contributed by atoms with Gasteiger partial charge in [0.2, 0.25) is 0 Å². The van der Waals surface area contributed by atoms with E-state index in [0.717, 1.165) is 5.56 Å². The fraction of sp³-hybridized carbons (Fsp3) is 0.571. The Hall–Kier alpha value is -0.440. The van der Waals surface area contributed by atoms with Crippen molar-refractivity contribution in [3.8, 4) is 0 Å². The number of aromatic nitrogens is 1. The highest BCUT2D eigenvalue weighted by Gasteiger charge is 2.07. The number of hydrogen-bond acceptors (Lipinski definition) is 2. The van der Waals surface area contributed by atoms with E-state index in [1.807, 2.05) is 19.2 Å². The van der Waals surface area contributed by atoms with E-state index >= 15 is 0 Å². The number of halogens is 1. The van der Waals surface area contributed by atoms with Crippen molar-refractivity contribution in [2.24, 2.45) is 0 Å². The second kappa shape index (κ2) is 3.10. The molecule has 0 unspecified atom stereocenters. The maximum Gasteiger partial charge on any atom is 0.133 e. The largest absolute Gasteiger partial charge is 0.244 e. The maximum atomic E-state index is 12.1. The molecule has 1 nitrogen and oxygen atoms in total. The molecule has 0 radical (unpaired) electrons. The normalized spacial score (nSPS) is 10.8. The lowest BCUT2D eigenvalue weighted by Gasteiger charge is -2.00. The van der Waals surface area contributed by atoms with E-state index < -0.39 is 6.67 Å². The van der Waals surface area contributed by atoms with Gasteiger partial charge < -0.3 is 0 Å². The molecule has 0 aliphatic heterocycles. The summed E-state index contributed by atoms with van der Waals surface area (Å²) in [6, 6.07) is 0. The zero-order valence-electron chi connectivity index (χ0n) is 6.10. The van der Waals surface area contributed by atoms with Crippen LogP contribution in [-0.4, -0.2) is 4.37 Å². The lowest BCUT2D eigenvalue weighted by Crippen LogP contribution is -1.90. The highest BCUT2D eigenvalue weighted by atomic mass is 32.1. The van der Waals surface area contributed by atoms with E-state index in [9.17, 15) is 4.39 Å². The Kier molecular flexibility index (Phi) is 2.38. The third kappa shape index (κ3) is 1.34. The summed E-state index contributed by atoms with van der Waals surface area (Å²) in [5.74, 6) is 0.393. The van der Waals surface area contributed by atoms with Gasteiger partial charge in [-0.2, -0.15) is 4.37 Å². The van der Waals surface area contributed by atoms with Gasteiger partial charge in [0.1, 0.15) is 6.67 Å². The van der Waals surface area contributed by atoms with Crippen LogP contribution in [0, 0.1) is 0 Å². The summed E-state index contributed by atoms with van der Waals surface area (Å²) in [5.41, 5.74) is 1.66. The zero-order chi connectivity index (χ0) is 7.56. The molecule has 1 aromatic heterocycles. The number of nitrogens with zero attached hydrogens (tertiary/aromatic N) is 1. The average molecular weight is 159 g/mol. The Bertz CT molecular complexity index is 207. The van der Waals surface area contributed by atoms with Crippen LogP contribution in [0.15, 0.2) is 5.38 Å². The summed E-state index contributed by atoms with van der Waals surface area (Å²) in [6.45, 7) is 3.66. The molecule has 0 atom stereocenters. The van der Waals surface area contributed by atoms with Crippen LogP contribution < -0.4 is 0 Å². The summed E-state index contributed by atoms with van der Waals surface area (Å²) >= 11 is 1.33. The predicted molar refractivity (Wildman–Crippen MR) is 41.0 cm³/mol. The molecule has 1 heterocycles. The Balaban J connectivity index is 2.90. The summed E-state index contributed by atoms with van der Waals surface area (Å²) in [4.78, 5) is 0. The first-order valence-corrected chi connectivity index (χ1v) is 4.08. The molecule has 0 fully saturated rings. The minimum atomic E-state index is -0.434. The first kappa shape index (κ1) is 7.66. The smallest absolute Gasteiger partial charge is 0.133 e. The van der Waals surface area contributed by atoms with Gasteiger partial charge in [-0.05, 0) is 23.0 Å². The standard InChI is InChI=1S/C7H10FNS/c1-5(2)6-4-10-9-7(6)3-8/h4-5H,3H2,1-2H3. The summed E-state index contributed by atoms with van der Waals surface area (Å²) < 4.78 is 16.0. The molecular weight excluding hydrogens is 149 g/mol. The van der Waals surface area contributed by atoms with Crippen molar-refractivity contribution < 1.29 is 4.39 Å². The summed E-state index contributed by atoms with van der Waals surface area (Å²) in [7, 11) is 0. The fourth-order valence-corrected chi connectivity index (χ4v) is 1.69. The molecule has 10 heavy (non-hydrogen) atoms. The molecule has 0 bridgehead atoms. The van der Waals surface area contributed by atoms with Crippen molar-refractivity contribution in [3.05, 3.63) is 16.6 Å². The third-order valence-corrected chi connectivity index (χ3v) is 2.11. The van der Waals surface area contributed by atoms with Gasteiger partial charge in [-0.3, -0.25) is 0 Å². The third-order valence-electron chi connectivity index (χ3n) is 1.42. The van der Waals surface area contributed by atoms with Gasteiger partial charge in [-0.15, -0.1) is 0 Å². The molecule has 0 amide bonds. The van der Waals surface area contributed by atoms with Crippen molar-refractivity contribution in [3.63, 3.8) is 0 Å². The minimum Gasteiger partial charge on any atom is -0.244 e. The van der Waals surface area contributed by atoms with Crippen molar-refractivity contribution in [2.45, 2.75) is 26.4 Å². The SMILES string of the molecule is CC(C)c1csnc1CF. The minimum absolute atomic E-state index is 0.393. The van der Waals surface area contributed by atoms with Crippen LogP contribution >= 0.6 is 11.5 Å². The van der Waals surface area contributed by atoms with Crippen LogP contribution in [0.4, 0.5) is 4.39 Å². The Morgan fingerprint density at radius 2 is 2.40 bits per heavy atom. The molecule has 0 aromatic carbocycles. The number of hydrogen-bond donors (Lipinski definition) is 0. The average Bonchev–Trinajstić information content (AvgIpc) is 2.33. The molecule has 0 aliphatic carbocycles. The van der Waals surface area contributed by atoms with Gasteiger partial charge in [0.25, 0.3) is 0 Å². The van der Waals surface area contributed by atoms with Crippen molar-refractivity contribution >= 4 is 11.5 Å². The van der Waals surface area contributed by atoms with E-state index in [-0.39, 0.29) is 0 Å². The lowest BCUT2D eigenvalue weighted by molar-refractivity contribution is 0.474. The van der Waals surface area contributed by atoms with Crippen molar-refractivity contribution in [2.75, 3.05) is 0 Å². The second-order valence-corrected chi connectivity index (χ2v) is 3.13. The lowest BCUT2D eigenvalue weighted by atomic mass is 10.1. The molecule has 0 N–H and O–H groups in total. The summed E-state index contributed by atoms with van der Waals surface area (Å²) in [5, 5.41) is 1.92. The van der Waals surface area contributed by atoms with Crippen LogP contribution in [0.5, 0.6) is 0 Å². The van der Waals surface area contributed by atoms with Gasteiger partial charge in [0.05, 0.1) is 5.69 Å². The molecule has 0 aliphatic rings. The molecule has 3 heteroatoms. The van der Waals surface area contributed by atoms with Crippen LogP contribution in [0.3, 0.4) is 0 Å². The molecule has 0 saturated carbocycles. The van der Waals surface area contributed by atoms with Crippen molar-refractivity contribution in [1.29, 1.82) is 0 Å². The van der Waals surface area contributed by atoms with E-state index in [1.54, 1.807) is 0 Å². The van der Waals surface area contributed by atoms with Crippen molar-refractivity contribution in [1.82, 2.24) is 4.37 Å². The fourth-order valence-electron chi connectivity index (χ4n) is 0.838. The number of alkyl halides is 1. The number of rotatable bonds is 2. The summed E-state index contributed by atoms with van der Waals surface area (Å²) in [6.07, 6.45) is 0. The van der Waals surface area contributed by atoms with Gasteiger partial charge in [-0.25, -0.2) is 4.39 Å². The van der Waals surface area contributed by atoms with Gasteiger partial charge >= 0.3 is 0 Å². The predicted octanol–water partition coefficient (Wildman–Crippen LogP) is 2.74. The molecule has 1 aromatic rings. The van der Waals surface area contributed by atoms with Crippen LogP contribution in [-0.2, 0) is 6.67 Å². The van der Waals surface area contributed by atoms with Gasteiger partial charge in [0.15, 0.2) is 0 Å². The van der Waals surface area contributed by atoms with Crippen LogP contribution in [0.25, 0.3) is 0 Å². The van der Waals surface area contributed by atoms with E-state index in [2.05, 4.69) is 4.37 Å². The molecule has 56 valence electrons. The van der Waals surface area contributed by atoms with E-state index in [1.165, 1.54) is 11.5 Å².